The summed E-state index contributed by atoms with van der Waals surface area (Å²) in [5, 5.41) is 10.4. The van der Waals surface area contributed by atoms with E-state index < -0.39 is 0 Å². The molecule has 0 saturated heterocycles. The van der Waals surface area contributed by atoms with Gasteiger partial charge in [0, 0.05) is 6.07 Å². The molecule has 0 saturated carbocycles. The molecule has 84 valence electrons. The van der Waals surface area contributed by atoms with Gasteiger partial charge >= 0.3 is 0 Å². The highest BCUT2D eigenvalue weighted by molar-refractivity contribution is 5.90. The number of hydrogen-bond acceptors (Lipinski definition) is 3. The predicted molar refractivity (Wildman–Crippen MR) is 66.4 cm³/mol. The third-order valence-corrected chi connectivity index (χ3v) is 2.81. The second-order valence-electron chi connectivity index (χ2n) is 4.11. The van der Waals surface area contributed by atoms with Crippen LogP contribution < -0.4 is 5.43 Å². The molecule has 0 amide bonds. The number of aryl methyl sites for hydroxylation is 1. The van der Waals surface area contributed by atoms with Crippen LogP contribution in [0.2, 0.25) is 0 Å². The summed E-state index contributed by atoms with van der Waals surface area (Å²) in [6.07, 6.45) is 0. The van der Waals surface area contributed by atoms with E-state index in [9.17, 15) is 9.90 Å². The molecule has 1 aromatic heterocycles. The maximum absolute atomic E-state index is 12.2. The molecule has 1 N–H and O–H groups in total. The standard InChI is InChI=1S/C14H10O3/c1-8-2-5-12-11(6-8)14(16)10-4-3-9(15)7-13(10)17-12/h2-7,15H,1H3. The molecule has 17 heavy (non-hydrogen) atoms. The maximum atomic E-state index is 12.2. The van der Waals surface area contributed by atoms with Gasteiger partial charge in [-0.15, -0.1) is 0 Å². The number of hydrogen-bond donors (Lipinski definition) is 1. The van der Waals surface area contributed by atoms with Crippen molar-refractivity contribution in [2.24, 2.45) is 0 Å². The SMILES string of the molecule is Cc1ccc2oc3cc(O)ccc3c(=O)c2c1. The average molecular weight is 226 g/mol. The molecule has 0 aliphatic heterocycles. The van der Waals surface area contributed by atoms with Crippen LogP contribution in [-0.4, -0.2) is 5.11 Å². The summed E-state index contributed by atoms with van der Waals surface area (Å²) in [6, 6.07) is 10.00. The van der Waals surface area contributed by atoms with Crippen molar-refractivity contribution in [3.8, 4) is 5.75 Å². The zero-order valence-corrected chi connectivity index (χ0v) is 9.23. The Morgan fingerprint density at radius 1 is 1.00 bits per heavy atom. The average Bonchev–Trinajstić information content (AvgIpc) is 2.30. The highest BCUT2D eigenvalue weighted by atomic mass is 16.3. The summed E-state index contributed by atoms with van der Waals surface area (Å²) in [5.74, 6) is 0.0899. The van der Waals surface area contributed by atoms with E-state index in [0.29, 0.717) is 21.9 Å². The van der Waals surface area contributed by atoms with Crippen molar-refractivity contribution >= 4 is 21.9 Å². The number of rotatable bonds is 0. The molecule has 0 fully saturated rings. The van der Waals surface area contributed by atoms with Gasteiger partial charge in [-0.1, -0.05) is 11.6 Å². The molecule has 3 nitrogen and oxygen atoms in total. The van der Waals surface area contributed by atoms with Gasteiger partial charge in [0.25, 0.3) is 0 Å². The van der Waals surface area contributed by atoms with Gasteiger partial charge in [0.1, 0.15) is 16.9 Å². The van der Waals surface area contributed by atoms with Crippen LogP contribution in [0.1, 0.15) is 5.56 Å². The lowest BCUT2D eigenvalue weighted by atomic mass is 10.1. The first kappa shape index (κ1) is 9.90. The molecular weight excluding hydrogens is 216 g/mol. The smallest absolute Gasteiger partial charge is 0.200 e. The summed E-state index contributed by atoms with van der Waals surface area (Å²) in [7, 11) is 0. The van der Waals surface area contributed by atoms with E-state index >= 15 is 0 Å². The molecule has 3 rings (SSSR count). The fraction of sp³-hybridized carbons (Fsp3) is 0.0714. The Bertz CT molecular complexity index is 784. The molecule has 0 unspecified atom stereocenters. The Balaban J connectivity index is 2.57. The van der Waals surface area contributed by atoms with Crippen molar-refractivity contribution in [1.82, 2.24) is 0 Å². The van der Waals surface area contributed by atoms with Crippen LogP contribution in [0, 0.1) is 6.92 Å². The van der Waals surface area contributed by atoms with Crippen molar-refractivity contribution in [2.75, 3.05) is 0 Å². The Morgan fingerprint density at radius 3 is 2.65 bits per heavy atom. The van der Waals surface area contributed by atoms with Gasteiger partial charge < -0.3 is 9.52 Å². The molecule has 2 aromatic carbocycles. The maximum Gasteiger partial charge on any atom is 0.200 e. The van der Waals surface area contributed by atoms with E-state index in [-0.39, 0.29) is 11.2 Å². The zero-order chi connectivity index (χ0) is 12.0. The van der Waals surface area contributed by atoms with Crippen LogP contribution in [0.15, 0.2) is 45.6 Å². The predicted octanol–water partition coefficient (Wildman–Crippen LogP) is 2.96. The highest BCUT2D eigenvalue weighted by Crippen LogP contribution is 2.22. The van der Waals surface area contributed by atoms with Crippen LogP contribution >= 0.6 is 0 Å². The molecule has 0 atom stereocenters. The summed E-state index contributed by atoms with van der Waals surface area (Å²) in [5.41, 5.74) is 1.90. The topological polar surface area (TPSA) is 50.4 Å². The van der Waals surface area contributed by atoms with Gasteiger partial charge in [-0.25, -0.2) is 0 Å². The number of fused-ring (bicyclic) bond motifs is 2. The van der Waals surface area contributed by atoms with Crippen LogP contribution in [0.3, 0.4) is 0 Å². The lowest BCUT2D eigenvalue weighted by molar-refractivity contribution is 0.474. The third kappa shape index (κ3) is 1.47. The van der Waals surface area contributed by atoms with Crippen LogP contribution in [0.4, 0.5) is 0 Å². The van der Waals surface area contributed by atoms with Crippen molar-refractivity contribution < 1.29 is 9.52 Å². The molecule has 3 heteroatoms. The molecule has 0 aliphatic carbocycles. The highest BCUT2D eigenvalue weighted by Gasteiger charge is 2.07. The van der Waals surface area contributed by atoms with Crippen molar-refractivity contribution in [3.05, 3.63) is 52.2 Å². The molecule has 3 aromatic rings. The van der Waals surface area contributed by atoms with E-state index in [1.807, 2.05) is 19.1 Å². The Labute approximate surface area is 96.9 Å². The first-order chi connectivity index (χ1) is 8.15. The van der Waals surface area contributed by atoms with E-state index in [0.717, 1.165) is 5.56 Å². The summed E-state index contributed by atoms with van der Waals surface area (Å²) >= 11 is 0. The summed E-state index contributed by atoms with van der Waals surface area (Å²) in [6.45, 7) is 1.93. The molecular formula is C14H10O3. The summed E-state index contributed by atoms with van der Waals surface area (Å²) < 4.78 is 5.60. The fourth-order valence-corrected chi connectivity index (χ4v) is 1.96. The van der Waals surface area contributed by atoms with Gasteiger partial charge in [-0.05, 0) is 31.2 Å². The molecule has 0 aliphatic rings. The minimum Gasteiger partial charge on any atom is -0.508 e. The van der Waals surface area contributed by atoms with Crippen LogP contribution in [0.5, 0.6) is 5.75 Å². The van der Waals surface area contributed by atoms with Gasteiger partial charge in [-0.3, -0.25) is 4.79 Å². The zero-order valence-electron chi connectivity index (χ0n) is 9.23. The number of benzene rings is 2. The monoisotopic (exact) mass is 226 g/mol. The minimum absolute atomic E-state index is 0.0649. The molecule has 0 radical (unpaired) electrons. The Morgan fingerprint density at radius 2 is 1.82 bits per heavy atom. The molecule has 0 spiro atoms. The van der Waals surface area contributed by atoms with Crippen molar-refractivity contribution in [1.29, 1.82) is 0 Å². The van der Waals surface area contributed by atoms with Gasteiger partial charge in [0.15, 0.2) is 0 Å². The minimum atomic E-state index is -0.0649. The second-order valence-corrected chi connectivity index (χ2v) is 4.11. The Kier molecular flexibility index (Phi) is 1.95. The van der Waals surface area contributed by atoms with E-state index in [4.69, 9.17) is 4.42 Å². The number of aromatic hydroxyl groups is 1. The van der Waals surface area contributed by atoms with E-state index in [1.54, 1.807) is 12.1 Å². The van der Waals surface area contributed by atoms with Crippen molar-refractivity contribution in [2.45, 2.75) is 6.92 Å². The third-order valence-electron chi connectivity index (χ3n) is 2.81. The van der Waals surface area contributed by atoms with Gasteiger partial charge in [0.2, 0.25) is 5.43 Å². The van der Waals surface area contributed by atoms with Crippen LogP contribution in [-0.2, 0) is 0 Å². The van der Waals surface area contributed by atoms with Gasteiger partial charge in [-0.2, -0.15) is 0 Å². The molecule has 0 bridgehead atoms. The quantitative estimate of drug-likeness (QED) is 0.599. The van der Waals surface area contributed by atoms with E-state index in [1.165, 1.54) is 12.1 Å². The Hall–Kier alpha value is -2.29. The first-order valence-electron chi connectivity index (χ1n) is 5.31. The lowest BCUT2D eigenvalue weighted by Crippen LogP contribution is -2.01. The largest absolute Gasteiger partial charge is 0.508 e. The fourth-order valence-electron chi connectivity index (χ4n) is 1.96. The second kappa shape index (κ2) is 3.35. The van der Waals surface area contributed by atoms with E-state index in [2.05, 4.69) is 0 Å². The van der Waals surface area contributed by atoms with Crippen LogP contribution in [0.25, 0.3) is 21.9 Å². The number of phenols is 1. The van der Waals surface area contributed by atoms with Gasteiger partial charge in [0.05, 0.1) is 10.8 Å². The normalized spacial score (nSPS) is 11.1. The first-order valence-corrected chi connectivity index (χ1v) is 5.31. The molecule has 1 heterocycles. The van der Waals surface area contributed by atoms with Crippen molar-refractivity contribution in [3.63, 3.8) is 0 Å². The number of phenolic OH excluding ortho intramolecular Hbond substituents is 1. The lowest BCUT2D eigenvalue weighted by Gasteiger charge is -2.02. The summed E-state index contributed by atoms with van der Waals surface area (Å²) in [4.78, 5) is 12.2.